The molecule has 0 unspecified atom stereocenters. The summed E-state index contributed by atoms with van der Waals surface area (Å²) >= 11 is 0. The van der Waals surface area contributed by atoms with E-state index in [0.717, 1.165) is 38.8 Å². The van der Waals surface area contributed by atoms with Gasteiger partial charge in [0.1, 0.15) is 5.58 Å². The van der Waals surface area contributed by atoms with Crippen LogP contribution in [-0.4, -0.2) is 18.5 Å². The quantitative estimate of drug-likeness (QED) is 0.681. The molecule has 27 heavy (non-hydrogen) atoms. The Morgan fingerprint density at radius 2 is 1.67 bits per heavy atom. The van der Waals surface area contributed by atoms with Crippen LogP contribution in [-0.2, 0) is 20.7 Å². The summed E-state index contributed by atoms with van der Waals surface area (Å²) in [5.41, 5.74) is 6.69. The molecular formula is C22H23NO4. The summed E-state index contributed by atoms with van der Waals surface area (Å²) in [6, 6.07) is 9.60. The largest absolute Gasteiger partial charge is 0.464 e. The number of hydrogen-bond acceptors (Lipinski definition) is 4. The van der Waals surface area contributed by atoms with E-state index in [1.165, 1.54) is 0 Å². The Balaban J connectivity index is 1.57. The molecule has 2 aromatic carbocycles. The van der Waals surface area contributed by atoms with Gasteiger partial charge in [-0.1, -0.05) is 6.07 Å². The predicted molar refractivity (Wildman–Crippen MR) is 105 cm³/mol. The summed E-state index contributed by atoms with van der Waals surface area (Å²) in [4.78, 5) is 24.1. The van der Waals surface area contributed by atoms with Crippen molar-refractivity contribution in [2.24, 2.45) is 0 Å². The molecule has 0 spiro atoms. The minimum atomic E-state index is -0.467. The van der Waals surface area contributed by atoms with E-state index >= 15 is 0 Å². The first kappa shape index (κ1) is 18.7. The Morgan fingerprint density at radius 3 is 2.41 bits per heavy atom. The first-order valence-corrected chi connectivity index (χ1v) is 8.83. The van der Waals surface area contributed by atoms with Crippen molar-refractivity contribution in [3.05, 3.63) is 64.4 Å². The van der Waals surface area contributed by atoms with Crippen molar-refractivity contribution in [1.82, 2.24) is 0 Å². The van der Waals surface area contributed by atoms with Gasteiger partial charge in [0, 0.05) is 16.6 Å². The van der Waals surface area contributed by atoms with Crippen LogP contribution in [0, 0.1) is 27.7 Å². The van der Waals surface area contributed by atoms with Crippen molar-refractivity contribution >= 4 is 28.5 Å². The van der Waals surface area contributed by atoms with Gasteiger partial charge in [-0.25, -0.2) is 0 Å². The summed E-state index contributed by atoms with van der Waals surface area (Å²) < 4.78 is 10.6. The van der Waals surface area contributed by atoms with E-state index in [4.69, 9.17) is 9.15 Å². The number of fused-ring (bicyclic) bond motifs is 1. The van der Waals surface area contributed by atoms with E-state index < -0.39 is 5.97 Å². The molecule has 3 aromatic rings. The van der Waals surface area contributed by atoms with Gasteiger partial charge in [0.25, 0.3) is 5.91 Å². The van der Waals surface area contributed by atoms with E-state index in [0.29, 0.717) is 5.69 Å². The topological polar surface area (TPSA) is 68.5 Å². The van der Waals surface area contributed by atoms with Crippen molar-refractivity contribution in [3.8, 4) is 0 Å². The zero-order valence-corrected chi connectivity index (χ0v) is 16.0. The number of aryl methyl sites for hydroxylation is 4. The summed E-state index contributed by atoms with van der Waals surface area (Å²) in [6.07, 6.45) is 1.63. The Kier molecular flexibility index (Phi) is 5.31. The average molecular weight is 365 g/mol. The number of carbonyl (C=O) groups is 2. The van der Waals surface area contributed by atoms with Crippen LogP contribution in [0.3, 0.4) is 0 Å². The van der Waals surface area contributed by atoms with Crippen LogP contribution in [0.25, 0.3) is 11.0 Å². The number of hydrogen-bond donors (Lipinski definition) is 1. The normalized spacial score (nSPS) is 10.8. The SMILES string of the molecule is Cc1ccc(NC(=O)COC(=O)Cc2coc3cc(C)c(C)cc23)cc1C. The van der Waals surface area contributed by atoms with Crippen LogP contribution in [0.2, 0.25) is 0 Å². The molecule has 0 saturated carbocycles. The summed E-state index contributed by atoms with van der Waals surface area (Å²) in [5.74, 6) is -0.832. The molecule has 0 saturated heterocycles. The molecule has 5 nitrogen and oxygen atoms in total. The Labute approximate surface area is 158 Å². The fourth-order valence-electron chi connectivity index (χ4n) is 2.84. The maximum absolute atomic E-state index is 12.1. The first-order valence-electron chi connectivity index (χ1n) is 8.83. The molecule has 1 aromatic heterocycles. The molecule has 1 amide bonds. The highest BCUT2D eigenvalue weighted by molar-refractivity contribution is 5.93. The second-order valence-corrected chi connectivity index (χ2v) is 6.88. The fraction of sp³-hybridized carbons (Fsp3) is 0.273. The van der Waals surface area contributed by atoms with E-state index in [1.807, 2.05) is 58.0 Å². The van der Waals surface area contributed by atoms with Gasteiger partial charge < -0.3 is 14.5 Å². The number of benzene rings is 2. The zero-order chi connectivity index (χ0) is 19.6. The van der Waals surface area contributed by atoms with Crippen molar-refractivity contribution in [2.75, 3.05) is 11.9 Å². The molecule has 0 aliphatic carbocycles. The Hall–Kier alpha value is -3.08. The highest BCUT2D eigenvalue weighted by atomic mass is 16.5. The molecular weight excluding hydrogens is 342 g/mol. The average Bonchev–Trinajstić information content (AvgIpc) is 2.98. The standard InChI is InChI=1S/C22H23NO4/c1-13-5-6-18(7-14(13)2)23-21(24)12-27-22(25)10-17-11-26-20-9-16(4)15(3)8-19(17)20/h5-9,11H,10,12H2,1-4H3,(H,23,24). The molecule has 0 fully saturated rings. The Morgan fingerprint density at radius 1 is 0.963 bits per heavy atom. The van der Waals surface area contributed by atoms with Crippen LogP contribution < -0.4 is 5.32 Å². The lowest BCUT2D eigenvalue weighted by molar-refractivity contribution is -0.146. The number of rotatable bonds is 5. The Bertz CT molecular complexity index is 1020. The molecule has 5 heteroatoms. The number of furan rings is 1. The third-order valence-corrected chi connectivity index (χ3v) is 4.76. The van der Waals surface area contributed by atoms with Gasteiger partial charge >= 0.3 is 5.97 Å². The fourth-order valence-corrected chi connectivity index (χ4v) is 2.84. The van der Waals surface area contributed by atoms with Crippen LogP contribution in [0.5, 0.6) is 0 Å². The molecule has 0 aliphatic rings. The molecule has 0 bridgehead atoms. The van der Waals surface area contributed by atoms with Crippen LogP contribution in [0.1, 0.15) is 27.8 Å². The molecule has 0 aliphatic heterocycles. The van der Waals surface area contributed by atoms with E-state index in [2.05, 4.69) is 5.32 Å². The molecule has 0 radical (unpaired) electrons. The summed E-state index contributed by atoms with van der Waals surface area (Å²) in [6.45, 7) is 7.69. The lowest BCUT2D eigenvalue weighted by Gasteiger charge is -2.08. The number of amides is 1. The zero-order valence-electron chi connectivity index (χ0n) is 16.0. The van der Waals surface area contributed by atoms with Crippen molar-refractivity contribution in [3.63, 3.8) is 0 Å². The van der Waals surface area contributed by atoms with Crippen LogP contribution in [0.4, 0.5) is 5.69 Å². The van der Waals surface area contributed by atoms with Crippen LogP contribution >= 0.6 is 0 Å². The van der Waals surface area contributed by atoms with Crippen molar-refractivity contribution < 1.29 is 18.7 Å². The van der Waals surface area contributed by atoms with Gasteiger partial charge in [-0.05, 0) is 74.2 Å². The monoisotopic (exact) mass is 365 g/mol. The van der Waals surface area contributed by atoms with Gasteiger partial charge in [0.15, 0.2) is 6.61 Å². The molecule has 140 valence electrons. The van der Waals surface area contributed by atoms with Crippen LogP contribution in [0.15, 0.2) is 41.0 Å². The van der Waals surface area contributed by atoms with Crippen molar-refractivity contribution in [1.29, 1.82) is 0 Å². The number of carbonyl (C=O) groups excluding carboxylic acids is 2. The van der Waals surface area contributed by atoms with E-state index in [1.54, 1.807) is 6.26 Å². The van der Waals surface area contributed by atoms with E-state index in [9.17, 15) is 9.59 Å². The molecule has 1 heterocycles. The third-order valence-electron chi connectivity index (χ3n) is 4.76. The van der Waals surface area contributed by atoms with Gasteiger partial charge in [-0.3, -0.25) is 9.59 Å². The molecule has 3 rings (SSSR count). The second kappa shape index (κ2) is 7.66. The highest BCUT2D eigenvalue weighted by Gasteiger charge is 2.14. The summed E-state index contributed by atoms with van der Waals surface area (Å²) in [7, 11) is 0. The second-order valence-electron chi connectivity index (χ2n) is 6.88. The number of ether oxygens (including phenoxy) is 1. The highest BCUT2D eigenvalue weighted by Crippen LogP contribution is 2.25. The lowest BCUT2D eigenvalue weighted by Crippen LogP contribution is -2.21. The number of esters is 1. The molecule has 0 atom stereocenters. The maximum Gasteiger partial charge on any atom is 0.310 e. The predicted octanol–water partition coefficient (Wildman–Crippen LogP) is 4.39. The van der Waals surface area contributed by atoms with Gasteiger partial charge in [0.2, 0.25) is 0 Å². The number of nitrogens with one attached hydrogen (secondary N) is 1. The molecule has 1 N–H and O–H groups in total. The number of anilines is 1. The van der Waals surface area contributed by atoms with Gasteiger partial charge in [-0.2, -0.15) is 0 Å². The minimum Gasteiger partial charge on any atom is -0.464 e. The van der Waals surface area contributed by atoms with E-state index in [-0.39, 0.29) is 18.9 Å². The maximum atomic E-state index is 12.1. The first-order chi connectivity index (χ1) is 12.8. The lowest BCUT2D eigenvalue weighted by atomic mass is 10.0. The third kappa shape index (κ3) is 4.37. The van der Waals surface area contributed by atoms with Gasteiger partial charge in [0.05, 0.1) is 12.7 Å². The van der Waals surface area contributed by atoms with Gasteiger partial charge in [-0.15, -0.1) is 0 Å². The van der Waals surface area contributed by atoms with Crippen molar-refractivity contribution in [2.45, 2.75) is 34.1 Å². The minimum absolute atomic E-state index is 0.0619. The summed E-state index contributed by atoms with van der Waals surface area (Å²) in [5, 5.41) is 3.63. The smallest absolute Gasteiger partial charge is 0.310 e.